The molecule has 0 saturated carbocycles. The maximum atomic E-state index is 12.8. The summed E-state index contributed by atoms with van der Waals surface area (Å²) in [5.41, 5.74) is 1.78. The fourth-order valence-electron chi connectivity index (χ4n) is 1.85. The number of aliphatic imine (C=N–C) groups is 1. The molecule has 0 aliphatic carbocycles. The van der Waals surface area contributed by atoms with Crippen LogP contribution < -0.4 is 0 Å². The van der Waals surface area contributed by atoms with Crippen LogP contribution in [-0.4, -0.2) is 12.9 Å². The van der Waals surface area contributed by atoms with Crippen molar-refractivity contribution in [2.24, 2.45) is 4.99 Å². The smallest absolute Gasteiger partial charge is 0.264 e. The first-order chi connectivity index (χ1) is 10.3. The molecule has 0 aliphatic heterocycles. The lowest BCUT2D eigenvalue weighted by Gasteiger charge is -2.07. The van der Waals surface area contributed by atoms with E-state index in [0.717, 1.165) is 35.4 Å². The number of allylic oxidation sites excluding steroid dienone is 5. The molecule has 0 atom stereocenters. The highest BCUT2D eigenvalue weighted by atomic mass is 35.5. The molecule has 0 bridgehead atoms. The van der Waals surface area contributed by atoms with Gasteiger partial charge in [0.15, 0.2) is 0 Å². The summed E-state index contributed by atoms with van der Waals surface area (Å²) in [6.45, 7) is 6.87. The molecule has 1 rings (SSSR count). The molecule has 0 saturated heterocycles. The molecular weight excluding hydrogens is 311 g/mol. The Labute approximate surface area is 133 Å². The van der Waals surface area contributed by atoms with Crippen molar-refractivity contribution in [3.63, 3.8) is 0 Å². The fraction of sp³-hybridized carbons (Fsp3) is 0.235. The van der Waals surface area contributed by atoms with E-state index in [1.165, 1.54) is 13.0 Å². The molecule has 0 heterocycles. The van der Waals surface area contributed by atoms with Crippen LogP contribution in [0.3, 0.4) is 0 Å². The number of hydrogen-bond donors (Lipinski definition) is 0. The number of halogens is 4. The van der Waals surface area contributed by atoms with Crippen LogP contribution in [0, 0.1) is 0 Å². The molecule has 1 nitrogen and oxygen atoms in total. The van der Waals surface area contributed by atoms with Crippen LogP contribution in [0.2, 0.25) is 0 Å². The Bertz CT molecular complexity index is 621. The zero-order valence-corrected chi connectivity index (χ0v) is 13.2. The summed E-state index contributed by atoms with van der Waals surface area (Å²) in [6, 6.07) is 5.45. The molecule has 0 spiro atoms. The lowest BCUT2D eigenvalue weighted by atomic mass is 10.1. The molecule has 0 aliphatic rings. The van der Waals surface area contributed by atoms with Crippen LogP contribution in [0.4, 0.5) is 18.9 Å². The number of rotatable bonds is 5. The van der Waals surface area contributed by atoms with E-state index < -0.39 is 11.7 Å². The van der Waals surface area contributed by atoms with Gasteiger partial charge in [-0.05, 0) is 55.5 Å². The van der Waals surface area contributed by atoms with Crippen LogP contribution >= 0.6 is 11.6 Å². The standard InChI is InChI=1S/C17H17ClF3N/c1-4-14-11-13(8-9-16(14)22-3)6-5-7-15(10-12(2)18)17(19,20)21/h5-11H,3-4H2,1-2H3/b6-5+,12-10+,15-7+. The summed E-state index contributed by atoms with van der Waals surface area (Å²) in [5, 5.41) is 0.0756. The Morgan fingerprint density at radius 3 is 2.55 bits per heavy atom. The molecule has 0 N–H and O–H groups in total. The van der Waals surface area contributed by atoms with E-state index in [2.05, 4.69) is 11.7 Å². The zero-order valence-electron chi connectivity index (χ0n) is 12.4. The van der Waals surface area contributed by atoms with Gasteiger partial charge in [0.25, 0.3) is 0 Å². The quantitative estimate of drug-likeness (QED) is 0.449. The maximum absolute atomic E-state index is 12.8. The van der Waals surface area contributed by atoms with Crippen molar-refractivity contribution >= 4 is 30.1 Å². The average molecular weight is 328 g/mol. The normalized spacial score (nSPS) is 13.7. The second kappa shape index (κ2) is 7.99. The zero-order chi connectivity index (χ0) is 16.8. The van der Waals surface area contributed by atoms with E-state index in [9.17, 15) is 13.2 Å². The van der Waals surface area contributed by atoms with Gasteiger partial charge in [-0.15, -0.1) is 0 Å². The highest BCUT2D eigenvalue weighted by Crippen LogP contribution is 2.28. The SMILES string of the molecule is C=Nc1ccc(/C=C/C=C(\C=C(/C)Cl)C(F)(F)F)cc1CC. The number of alkyl halides is 3. The van der Waals surface area contributed by atoms with Crippen LogP contribution in [0.15, 0.2) is 52.0 Å². The lowest BCUT2D eigenvalue weighted by Crippen LogP contribution is -2.09. The second-order valence-corrected chi connectivity index (χ2v) is 5.21. The van der Waals surface area contributed by atoms with Gasteiger partial charge in [0.2, 0.25) is 0 Å². The first-order valence-corrected chi connectivity index (χ1v) is 7.04. The maximum Gasteiger partial charge on any atom is 0.416 e. The van der Waals surface area contributed by atoms with Gasteiger partial charge in [0.05, 0.1) is 11.3 Å². The molecule has 0 fully saturated rings. The first-order valence-electron chi connectivity index (χ1n) is 6.67. The monoisotopic (exact) mass is 327 g/mol. The van der Waals surface area contributed by atoms with Crippen molar-refractivity contribution in [2.75, 3.05) is 0 Å². The largest absolute Gasteiger partial charge is 0.416 e. The summed E-state index contributed by atoms with van der Waals surface area (Å²) in [7, 11) is 0. The summed E-state index contributed by atoms with van der Waals surface area (Å²) in [5.74, 6) is 0. The molecule has 0 aromatic heterocycles. The van der Waals surface area contributed by atoms with E-state index in [1.807, 2.05) is 13.0 Å². The van der Waals surface area contributed by atoms with Gasteiger partial charge in [-0.1, -0.05) is 36.7 Å². The van der Waals surface area contributed by atoms with Gasteiger partial charge >= 0.3 is 6.18 Å². The minimum atomic E-state index is -4.44. The van der Waals surface area contributed by atoms with Gasteiger partial charge in [-0.2, -0.15) is 13.2 Å². The number of aryl methyl sites for hydroxylation is 1. The van der Waals surface area contributed by atoms with Gasteiger partial charge in [-0.3, -0.25) is 4.99 Å². The predicted octanol–water partition coefficient (Wildman–Crippen LogP) is 6.23. The highest BCUT2D eigenvalue weighted by Gasteiger charge is 2.31. The third-order valence-corrected chi connectivity index (χ3v) is 3.01. The fourth-order valence-corrected chi connectivity index (χ4v) is 1.97. The Kier molecular flexibility index (Phi) is 6.62. The summed E-state index contributed by atoms with van der Waals surface area (Å²) in [4.78, 5) is 3.90. The van der Waals surface area contributed by atoms with Gasteiger partial charge in [0.1, 0.15) is 0 Å². The Balaban J connectivity index is 3.07. The average Bonchev–Trinajstić information content (AvgIpc) is 2.44. The van der Waals surface area contributed by atoms with Crippen molar-refractivity contribution in [1.29, 1.82) is 0 Å². The molecule has 1 aromatic rings. The molecule has 22 heavy (non-hydrogen) atoms. The molecular formula is C17H17ClF3N. The van der Waals surface area contributed by atoms with Crippen molar-refractivity contribution in [3.05, 3.63) is 58.2 Å². The molecule has 118 valence electrons. The van der Waals surface area contributed by atoms with Crippen molar-refractivity contribution < 1.29 is 13.2 Å². The predicted molar refractivity (Wildman–Crippen MR) is 87.8 cm³/mol. The topological polar surface area (TPSA) is 12.4 Å². The number of nitrogens with zero attached hydrogens (tertiary/aromatic N) is 1. The Morgan fingerprint density at radius 1 is 1.36 bits per heavy atom. The van der Waals surface area contributed by atoms with Gasteiger partial charge < -0.3 is 0 Å². The van der Waals surface area contributed by atoms with E-state index in [-0.39, 0.29) is 5.03 Å². The third-order valence-electron chi connectivity index (χ3n) is 2.90. The third kappa shape index (κ3) is 5.53. The van der Waals surface area contributed by atoms with E-state index in [4.69, 9.17) is 11.6 Å². The molecule has 1 aromatic carbocycles. The summed E-state index contributed by atoms with van der Waals surface area (Å²) < 4.78 is 38.4. The molecule has 5 heteroatoms. The number of hydrogen-bond acceptors (Lipinski definition) is 1. The van der Waals surface area contributed by atoms with Crippen LogP contribution in [0.1, 0.15) is 25.0 Å². The van der Waals surface area contributed by atoms with E-state index in [1.54, 1.807) is 18.2 Å². The minimum Gasteiger partial charge on any atom is -0.264 e. The summed E-state index contributed by atoms with van der Waals surface area (Å²) in [6.07, 6.45) is 1.19. The van der Waals surface area contributed by atoms with Gasteiger partial charge in [-0.25, -0.2) is 0 Å². The molecule has 0 amide bonds. The van der Waals surface area contributed by atoms with Crippen LogP contribution in [0.25, 0.3) is 6.08 Å². The molecule has 0 radical (unpaired) electrons. The minimum absolute atomic E-state index is 0.0756. The van der Waals surface area contributed by atoms with E-state index >= 15 is 0 Å². The van der Waals surface area contributed by atoms with E-state index in [0.29, 0.717) is 0 Å². The van der Waals surface area contributed by atoms with Crippen molar-refractivity contribution in [2.45, 2.75) is 26.4 Å². The summed E-state index contributed by atoms with van der Waals surface area (Å²) >= 11 is 5.53. The number of benzene rings is 1. The Hall–Kier alpha value is -1.81. The van der Waals surface area contributed by atoms with Gasteiger partial charge in [0, 0.05) is 5.03 Å². The van der Waals surface area contributed by atoms with Crippen LogP contribution in [0.5, 0.6) is 0 Å². The molecule has 0 unspecified atom stereocenters. The first kappa shape index (κ1) is 18.2. The Morgan fingerprint density at radius 2 is 2.05 bits per heavy atom. The van der Waals surface area contributed by atoms with Crippen molar-refractivity contribution in [1.82, 2.24) is 0 Å². The highest BCUT2D eigenvalue weighted by molar-refractivity contribution is 6.29. The van der Waals surface area contributed by atoms with Crippen LogP contribution in [-0.2, 0) is 6.42 Å². The lowest BCUT2D eigenvalue weighted by molar-refractivity contribution is -0.0882. The van der Waals surface area contributed by atoms with Crippen molar-refractivity contribution in [3.8, 4) is 0 Å². The second-order valence-electron chi connectivity index (χ2n) is 4.61.